The Morgan fingerprint density at radius 3 is 2.86 bits per heavy atom. The van der Waals surface area contributed by atoms with E-state index >= 15 is 0 Å². The summed E-state index contributed by atoms with van der Waals surface area (Å²) in [6, 6.07) is 0.228. The summed E-state index contributed by atoms with van der Waals surface area (Å²) in [7, 11) is 0. The van der Waals surface area contributed by atoms with Gasteiger partial charge in [-0.1, -0.05) is 6.92 Å². The Bertz CT molecular complexity index is 228. The molecule has 4 heteroatoms. The van der Waals surface area contributed by atoms with Crippen molar-refractivity contribution in [2.24, 2.45) is 5.92 Å². The third kappa shape index (κ3) is 1.91. The molecule has 2 atom stereocenters. The van der Waals surface area contributed by atoms with Gasteiger partial charge in [-0.05, 0) is 18.8 Å². The van der Waals surface area contributed by atoms with Crippen molar-refractivity contribution in [3.8, 4) is 0 Å². The lowest BCUT2D eigenvalue weighted by Crippen LogP contribution is -2.47. The van der Waals surface area contributed by atoms with Gasteiger partial charge in [0.05, 0.1) is 6.61 Å². The van der Waals surface area contributed by atoms with Gasteiger partial charge in [-0.25, -0.2) is 0 Å². The standard InChI is InChI=1S/C10H18N2O2/c1-7-4-11-10(14)9(6-13)12(5-7)8-2-3-8/h7-9,13H,2-6H2,1H3,(H,11,14). The molecule has 0 aromatic rings. The van der Waals surface area contributed by atoms with Gasteiger partial charge in [0, 0.05) is 19.1 Å². The number of nitrogens with one attached hydrogen (secondary N) is 1. The Hall–Kier alpha value is -0.610. The highest BCUT2D eigenvalue weighted by atomic mass is 16.3. The van der Waals surface area contributed by atoms with Gasteiger partial charge >= 0.3 is 0 Å². The van der Waals surface area contributed by atoms with Gasteiger partial charge in [-0.3, -0.25) is 9.69 Å². The second-order valence-electron chi connectivity index (χ2n) is 4.48. The van der Waals surface area contributed by atoms with Crippen molar-refractivity contribution >= 4 is 5.91 Å². The number of carbonyl (C=O) groups excluding carboxylic acids is 1. The minimum Gasteiger partial charge on any atom is -0.394 e. The summed E-state index contributed by atoms with van der Waals surface area (Å²) < 4.78 is 0. The second-order valence-corrected chi connectivity index (χ2v) is 4.48. The number of aliphatic hydroxyl groups excluding tert-OH is 1. The van der Waals surface area contributed by atoms with Crippen molar-refractivity contribution in [1.29, 1.82) is 0 Å². The van der Waals surface area contributed by atoms with E-state index in [1.165, 1.54) is 12.8 Å². The van der Waals surface area contributed by atoms with Gasteiger partial charge in [-0.2, -0.15) is 0 Å². The van der Waals surface area contributed by atoms with Crippen LogP contribution in [-0.4, -0.2) is 47.7 Å². The molecule has 1 saturated carbocycles. The molecule has 1 aliphatic carbocycles. The number of aliphatic hydroxyl groups is 1. The summed E-state index contributed by atoms with van der Waals surface area (Å²) in [6.07, 6.45) is 2.35. The largest absolute Gasteiger partial charge is 0.394 e. The molecule has 0 aromatic heterocycles. The van der Waals surface area contributed by atoms with E-state index < -0.39 is 0 Å². The van der Waals surface area contributed by atoms with Crippen LogP contribution < -0.4 is 5.32 Å². The molecule has 4 nitrogen and oxygen atoms in total. The molecule has 2 fully saturated rings. The average Bonchev–Trinajstić information content (AvgIpc) is 2.96. The highest BCUT2D eigenvalue weighted by molar-refractivity contribution is 5.82. The molecule has 1 heterocycles. The molecule has 2 rings (SSSR count). The monoisotopic (exact) mass is 198 g/mol. The Labute approximate surface area is 84.3 Å². The van der Waals surface area contributed by atoms with E-state index in [4.69, 9.17) is 0 Å². The van der Waals surface area contributed by atoms with Crippen molar-refractivity contribution in [2.45, 2.75) is 31.8 Å². The number of amides is 1. The van der Waals surface area contributed by atoms with E-state index in [-0.39, 0.29) is 18.6 Å². The summed E-state index contributed by atoms with van der Waals surface area (Å²) >= 11 is 0. The van der Waals surface area contributed by atoms with Crippen molar-refractivity contribution in [2.75, 3.05) is 19.7 Å². The van der Waals surface area contributed by atoms with E-state index in [1.54, 1.807) is 0 Å². The van der Waals surface area contributed by atoms with Crippen LogP contribution in [0, 0.1) is 5.92 Å². The quantitative estimate of drug-likeness (QED) is 0.633. The van der Waals surface area contributed by atoms with Gasteiger partial charge in [0.15, 0.2) is 0 Å². The van der Waals surface area contributed by atoms with Gasteiger partial charge in [0.2, 0.25) is 5.91 Å². The Balaban J connectivity index is 2.10. The Kier molecular flexibility index (Phi) is 2.74. The molecule has 1 aliphatic heterocycles. The van der Waals surface area contributed by atoms with Crippen molar-refractivity contribution in [3.05, 3.63) is 0 Å². The fourth-order valence-electron chi connectivity index (χ4n) is 2.09. The van der Waals surface area contributed by atoms with Crippen LogP contribution in [0.2, 0.25) is 0 Å². The minimum absolute atomic E-state index is 0.0104. The fraction of sp³-hybridized carbons (Fsp3) is 0.900. The molecule has 0 bridgehead atoms. The first-order valence-corrected chi connectivity index (χ1v) is 5.36. The predicted octanol–water partition coefficient (Wildman–Crippen LogP) is -0.422. The van der Waals surface area contributed by atoms with Crippen molar-refractivity contribution < 1.29 is 9.90 Å². The first-order chi connectivity index (χ1) is 6.72. The molecule has 0 radical (unpaired) electrons. The summed E-state index contributed by atoms with van der Waals surface area (Å²) in [5.74, 6) is 0.472. The van der Waals surface area contributed by atoms with Gasteiger partial charge in [0.1, 0.15) is 6.04 Å². The molecular formula is C10H18N2O2. The molecule has 14 heavy (non-hydrogen) atoms. The van der Waals surface area contributed by atoms with Crippen LogP contribution in [0.3, 0.4) is 0 Å². The van der Waals surface area contributed by atoms with Crippen LogP contribution in [0.5, 0.6) is 0 Å². The zero-order valence-electron chi connectivity index (χ0n) is 8.57. The number of rotatable bonds is 2. The molecule has 1 saturated heterocycles. The molecule has 2 aliphatic rings. The SMILES string of the molecule is CC1CNC(=O)C(CO)N(C2CC2)C1. The molecule has 0 spiro atoms. The lowest BCUT2D eigenvalue weighted by molar-refractivity contribution is -0.127. The van der Waals surface area contributed by atoms with E-state index in [1.807, 2.05) is 0 Å². The predicted molar refractivity (Wildman–Crippen MR) is 52.8 cm³/mol. The Morgan fingerprint density at radius 1 is 1.57 bits per heavy atom. The molecule has 0 aromatic carbocycles. The molecule has 1 amide bonds. The molecule has 80 valence electrons. The maximum absolute atomic E-state index is 11.6. The zero-order chi connectivity index (χ0) is 10.1. The number of nitrogens with zero attached hydrogens (tertiary/aromatic N) is 1. The van der Waals surface area contributed by atoms with Gasteiger partial charge < -0.3 is 10.4 Å². The number of carbonyl (C=O) groups is 1. The fourth-order valence-corrected chi connectivity index (χ4v) is 2.09. The summed E-state index contributed by atoms with van der Waals surface area (Å²) in [6.45, 7) is 3.73. The van der Waals surface area contributed by atoms with Crippen LogP contribution >= 0.6 is 0 Å². The van der Waals surface area contributed by atoms with Crippen LogP contribution in [0.25, 0.3) is 0 Å². The second kappa shape index (κ2) is 3.87. The lowest BCUT2D eigenvalue weighted by Gasteiger charge is -2.27. The first-order valence-electron chi connectivity index (χ1n) is 5.36. The first kappa shape index (κ1) is 9.93. The molecular weight excluding hydrogens is 180 g/mol. The maximum Gasteiger partial charge on any atom is 0.239 e. The molecule has 2 unspecified atom stereocenters. The van der Waals surface area contributed by atoms with E-state index in [2.05, 4.69) is 17.1 Å². The normalized spacial score (nSPS) is 35.1. The number of hydrogen-bond donors (Lipinski definition) is 2. The number of hydrogen-bond acceptors (Lipinski definition) is 3. The van der Waals surface area contributed by atoms with Crippen LogP contribution in [0.1, 0.15) is 19.8 Å². The third-order valence-electron chi connectivity index (χ3n) is 3.04. The van der Waals surface area contributed by atoms with E-state index in [0.29, 0.717) is 12.0 Å². The zero-order valence-corrected chi connectivity index (χ0v) is 8.57. The average molecular weight is 198 g/mol. The minimum atomic E-state index is -0.313. The van der Waals surface area contributed by atoms with Gasteiger partial charge in [-0.15, -0.1) is 0 Å². The smallest absolute Gasteiger partial charge is 0.239 e. The van der Waals surface area contributed by atoms with Gasteiger partial charge in [0.25, 0.3) is 0 Å². The van der Waals surface area contributed by atoms with Crippen molar-refractivity contribution in [3.63, 3.8) is 0 Å². The topological polar surface area (TPSA) is 52.6 Å². The highest BCUT2D eigenvalue weighted by Gasteiger charge is 2.39. The maximum atomic E-state index is 11.6. The van der Waals surface area contributed by atoms with Crippen LogP contribution in [-0.2, 0) is 4.79 Å². The van der Waals surface area contributed by atoms with Crippen molar-refractivity contribution in [1.82, 2.24) is 10.2 Å². The van der Waals surface area contributed by atoms with E-state index in [9.17, 15) is 9.90 Å². The summed E-state index contributed by atoms with van der Waals surface area (Å²) in [4.78, 5) is 13.8. The lowest BCUT2D eigenvalue weighted by atomic mass is 10.1. The van der Waals surface area contributed by atoms with Crippen LogP contribution in [0.15, 0.2) is 0 Å². The summed E-state index contributed by atoms with van der Waals surface area (Å²) in [5.41, 5.74) is 0. The summed E-state index contributed by atoms with van der Waals surface area (Å²) in [5, 5.41) is 12.1. The van der Waals surface area contributed by atoms with Crippen LogP contribution in [0.4, 0.5) is 0 Å². The Morgan fingerprint density at radius 2 is 2.29 bits per heavy atom. The third-order valence-corrected chi connectivity index (χ3v) is 3.04. The van der Waals surface area contributed by atoms with E-state index in [0.717, 1.165) is 13.1 Å². The highest BCUT2D eigenvalue weighted by Crippen LogP contribution is 2.30. The molecule has 2 N–H and O–H groups in total.